The van der Waals surface area contributed by atoms with Crippen molar-refractivity contribution in [2.75, 3.05) is 31.3 Å². The number of aliphatic hydroxyl groups is 2. The maximum absolute atomic E-state index is 11.5. The van der Waals surface area contributed by atoms with Crippen LogP contribution in [0.25, 0.3) is 0 Å². The predicted octanol–water partition coefficient (Wildman–Crippen LogP) is 3.07. The Balaban J connectivity index is 1.45. The first-order valence-corrected chi connectivity index (χ1v) is 12.3. The number of ether oxygens (including phenoxy) is 3. The molecule has 6 atom stereocenters. The van der Waals surface area contributed by atoms with Crippen molar-refractivity contribution in [1.82, 2.24) is 0 Å². The SMILES string of the molecule is CCOC(=O)CSC[C@H]1CC[C@@H]2[C@@H](/C=C/[C@@H](O)COc3ccccc3)[C@H](O)C[C@@H]2OC1. The van der Waals surface area contributed by atoms with E-state index in [1.807, 2.05) is 43.3 Å². The van der Waals surface area contributed by atoms with E-state index in [1.54, 1.807) is 17.8 Å². The van der Waals surface area contributed by atoms with Crippen LogP contribution in [0.2, 0.25) is 0 Å². The number of hydrogen-bond donors (Lipinski definition) is 2. The number of thioether (sulfide) groups is 1. The molecule has 1 saturated carbocycles. The van der Waals surface area contributed by atoms with Crippen LogP contribution < -0.4 is 4.74 Å². The summed E-state index contributed by atoms with van der Waals surface area (Å²) in [5.74, 6) is 2.43. The molecule has 0 spiro atoms. The van der Waals surface area contributed by atoms with Crippen LogP contribution in [0.3, 0.4) is 0 Å². The molecule has 0 radical (unpaired) electrons. The lowest BCUT2D eigenvalue weighted by Crippen LogP contribution is -2.22. The summed E-state index contributed by atoms with van der Waals surface area (Å²) in [4.78, 5) is 11.5. The molecule has 1 heterocycles. The minimum Gasteiger partial charge on any atom is -0.491 e. The Morgan fingerprint density at radius 1 is 1.32 bits per heavy atom. The topological polar surface area (TPSA) is 85.2 Å². The number of hydrogen-bond acceptors (Lipinski definition) is 7. The highest BCUT2D eigenvalue weighted by Crippen LogP contribution is 2.41. The van der Waals surface area contributed by atoms with Gasteiger partial charge in [-0.05, 0) is 49.5 Å². The molecule has 2 aliphatic rings. The van der Waals surface area contributed by atoms with Gasteiger partial charge in [-0.25, -0.2) is 0 Å². The van der Waals surface area contributed by atoms with Gasteiger partial charge >= 0.3 is 5.97 Å². The van der Waals surface area contributed by atoms with E-state index < -0.39 is 12.2 Å². The zero-order valence-corrected chi connectivity index (χ0v) is 18.9. The maximum atomic E-state index is 11.5. The van der Waals surface area contributed by atoms with Crippen molar-refractivity contribution in [1.29, 1.82) is 0 Å². The van der Waals surface area contributed by atoms with Crippen LogP contribution in [0.1, 0.15) is 26.2 Å². The molecule has 1 aromatic rings. The maximum Gasteiger partial charge on any atom is 0.315 e. The molecule has 3 rings (SSSR count). The Hall–Kier alpha value is -1.54. The van der Waals surface area contributed by atoms with Gasteiger partial charge < -0.3 is 24.4 Å². The first-order chi connectivity index (χ1) is 15.1. The van der Waals surface area contributed by atoms with Crippen LogP contribution in [0.5, 0.6) is 5.75 Å². The van der Waals surface area contributed by atoms with E-state index >= 15 is 0 Å². The standard InChI is InChI=1S/C24H34O6S/c1-2-28-24(27)16-31-15-17-8-10-21-20(22(26)12-23(21)30-13-17)11-9-18(25)14-29-19-6-4-3-5-7-19/h3-7,9,11,17-18,20-23,25-26H,2,8,10,12-16H2,1H3/b11-9+/t17-,18+,20+,21+,22+,23-/m0/s1. The zero-order valence-electron chi connectivity index (χ0n) is 18.1. The highest BCUT2D eigenvalue weighted by Gasteiger charge is 2.43. The van der Waals surface area contributed by atoms with Gasteiger partial charge in [0.05, 0.1) is 31.2 Å². The molecule has 1 aliphatic carbocycles. The molecule has 31 heavy (non-hydrogen) atoms. The molecule has 1 aliphatic heterocycles. The van der Waals surface area contributed by atoms with E-state index in [1.165, 1.54) is 0 Å². The van der Waals surface area contributed by atoms with Gasteiger partial charge in [0.2, 0.25) is 0 Å². The molecule has 1 saturated heterocycles. The molecule has 2 N–H and O–H groups in total. The van der Waals surface area contributed by atoms with Crippen molar-refractivity contribution < 1.29 is 29.2 Å². The molecule has 0 aromatic heterocycles. The fraction of sp³-hybridized carbons (Fsp3) is 0.625. The molecule has 2 fully saturated rings. The second-order valence-corrected chi connectivity index (χ2v) is 9.29. The van der Waals surface area contributed by atoms with Crippen LogP contribution in [0.15, 0.2) is 42.5 Å². The summed E-state index contributed by atoms with van der Waals surface area (Å²) in [5, 5.41) is 20.8. The second-order valence-electron chi connectivity index (χ2n) is 8.26. The summed E-state index contributed by atoms with van der Waals surface area (Å²) in [6, 6.07) is 9.40. The molecule has 0 unspecified atom stereocenters. The van der Waals surface area contributed by atoms with Gasteiger partial charge in [-0.15, -0.1) is 11.8 Å². The summed E-state index contributed by atoms with van der Waals surface area (Å²) in [7, 11) is 0. The highest BCUT2D eigenvalue weighted by atomic mass is 32.2. The molecule has 7 heteroatoms. The van der Waals surface area contributed by atoms with Crippen molar-refractivity contribution in [3.8, 4) is 5.75 Å². The number of rotatable bonds is 10. The lowest BCUT2D eigenvalue weighted by Gasteiger charge is -2.21. The quantitative estimate of drug-likeness (QED) is 0.419. The zero-order chi connectivity index (χ0) is 22.1. The van der Waals surface area contributed by atoms with Crippen molar-refractivity contribution in [3.05, 3.63) is 42.5 Å². The largest absolute Gasteiger partial charge is 0.491 e. The van der Waals surface area contributed by atoms with Crippen LogP contribution in [-0.2, 0) is 14.3 Å². The number of carbonyl (C=O) groups excluding carboxylic acids is 1. The minimum atomic E-state index is -0.731. The van der Waals surface area contributed by atoms with Gasteiger partial charge in [-0.1, -0.05) is 30.4 Å². The Bertz CT molecular complexity index is 697. The fourth-order valence-electron chi connectivity index (χ4n) is 4.37. The van der Waals surface area contributed by atoms with Crippen LogP contribution in [0, 0.1) is 17.8 Å². The number of benzene rings is 1. The molecule has 0 bridgehead atoms. The summed E-state index contributed by atoms with van der Waals surface area (Å²) >= 11 is 1.60. The Labute approximate surface area is 189 Å². The molecule has 6 nitrogen and oxygen atoms in total. The lowest BCUT2D eigenvalue weighted by molar-refractivity contribution is -0.139. The normalized spacial score (nSPS) is 29.3. The third-order valence-electron chi connectivity index (χ3n) is 5.94. The van der Waals surface area contributed by atoms with Crippen molar-refractivity contribution in [2.24, 2.45) is 17.8 Å². The van der Waals surface area contributed by atoms with Crippen molar-refractivity contribution in [2.45, 2.75) is 44.5 Å². The average Bonchev–Trinajstić information content (AvgIpc) is 2.93. The third kappa shape index (κ3) is 7.52. The van der Waals surface area contributed by atoms with Crippen LogP contribution >= 0.6 is 11.8 Å². The number of fused-ring (bicyclic) bond motifs is 1. The van der Waals surface area contributed by atoms with E-state index in [0.717, 1.165) is 24.3 Å². The van der Waals surface area contributed by atoms with Gasteiger partial charge in [-0.2, -0.15) is 0 Å². The molecule has 172 valence electrons. The molecule has 1 aromatic carbocycles. The number of carbonyl (C=O) groups is 1. The first kappa shape index (κ1) is 24.1. The van der Waals surface area contributed by atoms with E-state index in [0.29, 0.717) is 31.3 Å². The van der Waals surface area contributed by atoms with Gasteiger partial charge in [-0.3, -0.25) is 4.79 Å². The van der Waals surface area contributed by atoms with E-state index in [2.05, 4.69) is 0 Å². The van der Waals surface area contributed by atoms with Crippen molar-refractivity contribution in [3.63, 3.8) is 0 Å². The van der Waals surface area contributed by atoms with Gasteiger partial charge in [0.1, 0.15) is 18.5 Å². The Morgan fingerprint density at radius 3 is 2.90 bits per heavy atom. The summed E-state index contributed by atoms with van der Waals surface area (Å²) < 4.78 is 16.7. The van der Waals surface area contributed by atoms with Crippen LogP contribution in [0.4, 0.5) is 0 Å². The fourth-order valence-corrected chi connectivity index (χ4v) is 5.33. The summed E-state index contributed by atoms with van der Waals surface area (Å²) in [6.45, 7) is 3.07. The third-order valence-corrected chi connectivity index (χ3v) is 7.09. The molecular weight excluding hydrogens is 416 g/mol. The second kappa shape index (κ2) is 12.5. The summed E-state index contributed by atoms with van der Waals surface area (Å²) in [6.07, 6.45) is 5.13. The van der Waals surface area contributed by atoms with Gasteiger partial charge in [0, 0.05) is 12.3 Å². The smallest absolute Gasteiger partial charge is 0.315 e. The number of aliphatic hydroxyl groups excluding tert-OH is 2. The highest BCUT2D eigenvalue weighted by molar-refractivity contribution is 7.99. The molecular formula is C24H34O6S. The van der Waals surface area contributed by atoms with Crippen LogP contribution in [-0.4, -0.2) is 65.8 Å². The van der Waals surface area contributed by atoms with E-state index in [-0.39, 0.29) is 30.5 Å². The monoisotopic (exact) mass is 450 g/mol. The van der Waals surface area contributed by atoms with Gasteiger partial charge in [0.25, 0.3) is 0 Å². The number of esters is 1. The Morgan fingerprint density at radius 2 is 2.13 bits per heavy atom. The van der Waals surface area contributed by atoms with E-state index in [9.17, 15) is 15.0 Å². The predicted molar refractivity (Wildman–Crippen MR) is 121 cm³/mol. The Kier molecular flexibility index (Phi) is 9.71. The van der Waals surface area contributed by atoms with Crippen molar-refractivity contribution >= 4 is 17.7 Å². The number of para-hydroxylation sites is 1. The average molecular weight is 451 g/mol. The summed E-state index contributed by atoms with van der Waals surface area (Å²) in [5.41, 5.74) is 0. The lowest BCUT2D eigenvalue weighted by atomic mass is 9.87. The van der Waals surface area contributed by atoms with Gasteiger partial charge in [0.15, 0.2) is 0 Å². The minimum absolute atomic E-state index is 0.0256. The first-order valence-electron chi connectivity index (χ1n) is 11.1. The van der Waals surface area contributed by atoms with E-state index in [4.69, 9.17) is 14.2 Å². The molecule has 0 amide bonds.